The molecule has 0 spiro atoms. The fourth-order valence-electron chi connectivity index (χ4n) is 2.86. The highest BCUT2D eigenvalue weighted by Crippen LogP contribution is 2.23. The molecule has 1 aromatic carbocycles. The van der Waals surface area contributed by atoms with Gasteiger partial charge in [-0.1, -0.05) is 30.3 Å². The lowest BCUT2D eigenvalue weighted by molar-refractivity contribution is -0.145. The van der Waals surface area contributed by atoms with Crippen LogP contribution in [0.3, 0.4) is 0 Å². The average Bonchev–Trinajstić information content (AvgIpc) is 3.00. The molecule has 1 fully saturated rings. The Balaban J connectivity index is 2.17. The molecular formula is C19H26N2O6. The van der Waals surface area contributed by atoms with Crippen LogP contribution in [0.1, 0.15) is 38.8 Å². The number of esters is 1. The zero-order valence-electron chi connectivity index (χ0n) is 16.0. The van der Waals surface area contributed by atoms with Gasteiger partial charge >= 0.3 is 12.1 Å². The van der Waals surface area contributed by atoms with E-state index in [1.807, 2.05) is 0 Å². The number of likely N-dealkylation sites (tertiary alicyclic amines) is 1. The molecule has 3 atom stereocenters. The normalized spacial score (nSPS) is 20.7. The molecule has 0 aromatic heterocycles. The summed E-state index contributed by atoms with van der Waals surface area (Å²) in [6, 6.07) is 6.70. The van der Waals surface area contributed by atoms with Gasteiger partial charge in [-0.3, -0.25) is 9.69 Å². The summed E-state index contributed by atoms with van der Waals surface area (Å²) in [7, 11) is 1.23. The number of amides is 2. The first-order chi connectivity index (χ1) is 12.6. The van der Waals surface area contributed by atoms with E-state index < -0.39 is 41.8 Å². The summed E-state index contributed by atoms with van der Waals surface area (Å²) in [5.74, 6) is -1.19. The van der Waals surface area contributed by atoms with Gasteiger partial charge in [0.25, 0.3) is 0 Å². The van der Waals surface area contributed by atoms with Crippen LogP contribution in [0.4, 0.5) is 4.79 Å². The predicted molar refractivity (Wildman–Crippen MR) is 96.7 cm³/mol. The van der Waals surface area contributed by atoms with Crippen LogP contribution < -0.4 is 5.32 Å². The van der Waals surface area contributed by atoms with Gasteiger partial charge in [-0.2, -0.15) is 0 Å². The van der Waals surface area contributed by atoms with E-state index in [1.165, 1.54) is 12.0 Å². The van der Waals surface area contributed by atoms with Crippen molar-refractivity contribution in [1.82, 2.24) is 10.2 Å². The molecule has 0 radical (unpaired) electrons. The van der Waals surface area contributed by atoms with Crippen LogP contribution in [-0.4, -0.2) is 59.4 Å². The van der Waals surface area contributed by atoms with Crippen molar-refractivity contribution < 1.29 is 29.0 Å². The summed E-state index contributed by atoms with van der Waals surface area (Å²) in [5, 5.41) is 12.6. The predicted octanol–water partition coefficient (Wildman–Crippen LogP) is 1.39. The molecule has 0 saturated carbocycles. The molecule has 0 bridgehead atoms. The van der Waals surface area contributed by atoms with Crippen molar-refractivity contribution in [1.29, 1.82) is 0 Å². The van der Waals surface area contributed by atoms with Crippen LogP contribution in [-0.2, 0) is 19.1 Å². The number of β-amino-alcohol motifs (C(OH)–C–C–N with tert-alkyl or cyclic N) is 1. The fourth-order valence-corrected chi connectivity index (χ4v) is 2.86. The van der Waals surface area contributed by atoms with Crippen molar-refractivity contribution in [3.05, 3.63) is 35.9 Å². The van der Waals surface area contributed by atoms with Crippen LogP contribution in [0.2, 0.25) is 0 Å². The summed E-state index contributed by atoms with van der Waals surface area (Å²) < 4.78 is 10.1. The fraction of sp³-hybridized carbons (Fsp3) is 0.526. The Bertz CT molecular complexity index is 685. The lowest BCUT2D eigenvalue weighted by atomic mass is 10.1. The van der Waals surface area contributed by atoms with Crippen molar-refractivity contribution in [2.24, 2.45) is 0 Å². The largest absolute Gasteiger partial charge is 0.467 e. The Hall–Kier alpha value is -2.61. The minimum atomic E-state index is -1.01. The highest BCUT2D eigenvalue weighted by Gasteiger charge is 2.42. The first-order valence-electron chi connectivity index (χ1n) is 8.73. The van der Waals surface area contributed by atoms with Gasteiger partial charge in [0, 0.05) is 6.42 Å². The number of nitrogens with zero attached hydrogens (tertiary/aromatic N) is 1. The number of nitrogens with one attached hydrogen (secondary N) is 1. The van der Waals surface area contributed by atoms with E-state index in [4.69, 9.17) is 9.47 Å². The summed E-state index contributed by atoms with van der Waals surface area (Å²) >= 11 is 0. The summed E-state index contributed by atoms with van der Waals surface area (Å²) in [6.45, 7) is 5.14. The lowest BCUT2D eigenvalue weighted by Crippen LogP contribution is -2.49. The van der Waals surface area contributed by atoms with Gasteiger partial charge in [-0.15, -0.1) is 0 Å². The number of benzene rings is 1. The molecule has 148 valence electrons. The van der Waals surface area contributed by atoms with Crippen LogP contribution in [0.5, 0.6) is 0 Å². The Kier molecular flexibility index (Phi) is 6.43. The van der Waals surface area contributed by atoms with Crippen molar-refractivity contribution in [2.75, 3.05) is 13.7 Å². The van der Waals surface area contributed by atoms with Crippen molar-refractivity contribution in [3.8, 4) is 0 Å². The van der Waals surface area contributed by atoms with E-state index in [-0.39, 0.29) is 13.0 Å². The molecule has 0 unspecified atom stereocenters. The molecule has 1 aliphatic heterocycles. The Morgan fingerprint density at radius 3 is 2.41 bits per heavy atom. The number of ether oxygens (including phenoxy) is 2. The second-order valence-electron chi connectivity index (χ2n) is 7.41. The van der Waals surface area contributed by atoms with E-state index in [9.17, 15) is 19.5 Å². The number of hydrogen-bond donors (Lipinski definition) is 2. The standard InChI is InChI=1S/C19H26N2O6/c1-19(2,3)27-18(25)21-11-13(22)10-14(21)16(23)20-15(17(24)26-4)12-8-6-5-7-9-12/h5-9,13-15,22H,10-11H2,1-4H3,(H,20,23)/t13-,14+,15+/m1/s1. The minimum absolute atomic E-state index is 0.0127. The smallest absolute Gasteiger partial charge is 0.411 e. The van der Waals surface area contributed by atoms with Gasteiger partial charge in [0.2, 0.25) is 5.91 Å². The topological polar surface area (TPSA) is 105 Å². The van der Waals surface area contributed by atoms with Crippen molar-refractivity contribution in [2.45, 2.75) is 51.0 Å². The molecule has 1 aromatic rings. The van der Waals surface area contributed by atoms with E-state index in [0.29, 0.717) is 5.56 Å². The Labute approximate surface area is 158 Å². The summed E-state index contributed by atoms with van der Waals surface area (Å²) in [5.41, 5.74) is -0.176. The van der Waals surface area contributed by atoms with Gasteiger partial charge in [-0.05, 0) is 26.3 Å². The third-order valence-electron chi connectivity index (χ3n) is 4.07. The molecular weight excluding hydrogens is 352 g/mol. The maximum Gasteiger partial charge on any atom is 0.411 e. The molecule has 8 heteroatoms. The van der Waals surface area contributed by atoms with Crippen LogP contribution in [0.25, 0.3) is 0 Å². The monoisotopic (exact) mass is 378 g/mol. The molecule has 27 heavy (non-hydrogen) atoms. The minimum Gasteiger partial charge on any atom is -0.467 e. The maximum absolute atomic E-state index is 12.8. The molecule has 2 amide bonds. The van der Waals surface area contributed by atoms with Gasteiger partial charge in [0.1, 0.15) is 11.6 Å². The Morgan fingerprint density at radius 2 is 1.85 bits per heavy atom. The number of rotatable bonds is 4. The van der Waals surface area contributed by atoms with Crippen LogP contribution in [0.15, 0.2) is 30.3 Å². The molecule has 1 heterocycles. The second-order valence-corrected chi connectivity index (χ2v) is 7.41. The van der Waals surface area contributed by atoms with Gasteiger partial charge in [0.05, 0.1) is 19.8 Å². The highest BCUT2D eigenvalue weighted by molar-refractivity contribution is 5.90. The molecule has 2 rings (SSSR count). The summed E-state index contributed by atoms with van der Waals surface area (Å²) in [4.78, 5) is 38.5. The SMILES string of the molecule is COC(=O)[C@@H](NC(=O)[C@@H]1C[C@@H](O)CN1C(=O)OC(C)(C)C)c1ccccc1. The van der Waals surface area contributed by atoms with Crippen molar-refractivity contribution in [3.63, 3.8) is 0 Å². The maximum atomic E-state index is 12.8. The quantitative estimate of drug-likeness (QED) is 0.767. The highest BCUT2D eigenvalue weighted by atomic mass is 16.6. The molecule has 2 N–H and O–H groups in total. The van der Waals surface area contributed by atoms with E-state index in [2.05, 4.69) is 5.32 Å². The van der Waals surface area contributed by atoms with E-state index in [0.717, 1.165) is 0 Å². The van der Waals surface area contributed by atoms with E-state index in [1.54, 1.807) is 51.1 Å². The number of carbonyl (C=O) groups excluding carboxylic acids is 3. The third-order valence-corrected chi connectivity index (χ3v) is 4.07. The second kappa shape index (κ2) is 8.39. The first-order valence-corrected chi connectivity index (χ1v) is 8.73. The van der Waals surface area contributed by atoms with Gasteiger partial charge < -0.3 is 19.9 Å². The summed E-state index contributed by atoms with van der Waals surface area (Å²) in [6.07, 6.45) is -1.47. The molecule has 0 aliphatic carbocycles. The lowest BCUT2D eigenvalue weighted by Gasteiger charge is -2.28. The Morgan fingerprint density at radius 1 is 1.22 bits per heavy atom. The number of aliphatic hydroxyl groups is 1. The number of hydrogen-bond acceptors (Lipinski definition) is 6. The van der Waals surface area contributed by atoms with Crippen LogP contribution >= 0.6 is 0 Å². The van der Waals surface area contributed by atoms with Gasteiger partial charge in [0.15, 0.2) is 6.04 Å². The number of methoxy groups -OCH3 is 1. The van der Waals surface area contributed by atoms with E-state index >= 15 is 0 Å². The first kappa shape index (κ1) is 20.7. The molecule has 1 saturated heterocycles. The number of carbonyl (C=O) groups is 3. The van der Waals surface area contributed by atoms with Gasteiger partial charge in [-0.25, -0.2) is 9.59 Å². The average molecular weight is 378 g/mol. The zero-order valence-corrected chi connectivity index (χ0v) is 16.0. The zero-order chi connectivity index (χ0) is 20.2. The molecule has 8 nitrogen and oxygen atoms in total. The molecule has 1 aliphatic rings. The van der Waals surface area contributed by atoms with Crippen LogP contribution in [0, 0.1) is 0 Å². The third kappa shape index (κ3) is 5.43. The number of aliphatic hydroxyl groups excluding tert-OH is 1. The van der Waals surface area contributed by atoms with Crippen molar-refractivity contribution >= 4 is 18.0 Å².